The number of anilines is 2. The predicted octanol–water partition coefficient (Wildman–Crippen LogP) is 6.35. The zero-order chi connectivity index (χ0) is 22.0. The Balaban J connectivity index is 1.53. The molecule has 2 amide bonds. The number of pyridine rings is 1. The molecule has 0 saturated carbocycles. The first-order valence-electron chi connectivity index (χ1n) is 9.44. The summed E-state index contributed by atoms with van der Waals surface area (Å²) in [4.78, 5) is 29.6. The van der Waals surface area contributed by atoms with Gasteiger partial charge in [-0.25, -0.2) is 0 Å². The third kappa shape index (κ3) is 4.68. The van der Waals surface area contributed by atoms with Gasteiger partial charge in [0.15, 0.2) is 0 Å². The molecule has 0 radical (unpaired) electrons. The highest BCUT2D eigenvalue weighted by atomic mass is 35.5. The van der Waals surface area contributed by atoms with Crippen LogP contribution in [-0.4, -0.2) is 16.8 Å². The maximum atomic E-state index is 12.8. The van der Waals surface area contributed by atoms with Gasteiger partial charge in [-0.2, -0.15) is 0 Å². The molecular formula is C24H17Cl2N3O2. The number of hydrogen-bond acceptors (Lipinski definition) is 3. The average molecular weight is 450 g/mol. The molecule has 0 fully saturated rings. The topological polar surface area (TPSA) is 71.1 Å². The van der Waals surface area contributed by atoms with Crippen LogP contribution in [0.5, 0.6) is 0 Å². The van der Waals surface area contributed by atoms with Crippen LogP contribution in [0.1, 0.15) is 26.3 Å². The Morgan fingerprint density at radius 3 is 2.35 bits per heavy atom. The normalized spacial score (nSPS) is 10.7. The summed E-state index contributed by atoms with van der Waals surface area (Å²) in [6.07, 6.45) is 1.71. The number of carbonyl (C=O) groups is 2. The van der Waals surface area contributed by atoms with E-state index in [9.17, 15) is 9.59 Å². The van der Waals surface area contributed by atoms with Crippen molar-refractivity contribution in [2.24, 2.45) is 0 Å². The number of benzene rings is 3. The van der Waals surface area contributed by atoms with Crippen molar-refractivity contribution in [3.63, 3.8) is 0 Å². The molecule has 5 nitrogen and oxygen atoms in total. The quantitative estimate of drug-likeness (QED) is 0.380. The molecule has 7 heteroatoms. The highest BCUT2D eigenvalue weighted by Gasteiger charge is 2.12. The number of nitrogens with zero attached hydrogens (tertiary/aromatic N) is 1. The molecule has 1 heterocycles. The SMILES string of the molecule is Cc1ccc(NC(=O)c2ccc(Cl)c(Cl)c2)cc1NC(=O)c1ccc2ncccc2c1. The lowest BCUT2D eigenvalue weighted by Gasteiger charge is -2.12. The molecule has 0 aliphatic carbocycles. The van der Waals surface area contributed by atoms with E-state index in [4.69, 9.17) is 23.2 Å². The Kier molecular flexibility index (Phi) is 5.89. The second kappa shape index (κ2) is 8.76. The van der Waals surface area contributed by atoms with Gasteiger partial charge in [0.2, 0.25) is 0 Å². The lowest BCUT2D eigenvalue weighted by atomic mass is 10.1. The minimum Gasteiger partial charge on any atom is -0.322 e. The largest absolute Gasteiger partial charge is 0.322 e. The molecule has 154 valence electrons. The fourth-order valence-corrected chi connectivity index (χ4v) is 3.38. The van der Waals surface area contributed by atoms with Crippen LogP contribution in [0.2, 0.25) is 10.0 Å². The van der Waals surface area contributed by atoms with E-state index in [1.54, 1.807) is 42.6 Å². The van der Waals surface area contributed by atoms with E-state index in [0.717, 1.165) is 16.5 Å². The number of hydrogen-bond donors (Lipinski definition) is 2. The second-order valence-corrected chi connectivity index (χ2v) is 7.79. The third-order valence-corrected chi connectivity index (χ3v) is 5.53. The summed E-state index contributed by atoms with van der Waals surface area (Å²) in [5, 5.41) is 7.29. The van der Waals surface area contributed by atoms with Crippen LogP contribution in [-0.2, 0) is 0 Å². The van der Waals surface area contributed by atoms with E-state index >= 15 is 0 Å². The molecule has 4 rings (SSSR count). The molecule has 0 saturated heterocycles. The van der Waals surface area contributed by atoms with Crippen molar-refractivity contribution in [3.05, 3.63) is 99.7 Å². The van der Waals surface area contributed by atoms with Gasteiger partial charge < -0.3 is 10.6 Å². The number of fused-ring (bicyclic) bond motifs is 1. The molecule has 2 N–H and O–H groups in total. The molecule has 0 atom stereocenters. The van der Waals surface area contributed by atoms with Crippen LogP contribution in [0.15, 0.2) is 72.9 Å². The van der Waals surface area contributed by atoms with Gasteiger partial charge in [0.25, 0.3) is 11.8 Å². The van der Waals surface area contributed by atoms with Gasteiger partial charge in [0.1, 0.15) is 0 Å². The van der Waals surface area contributed by atoms with Gasteiger partial charge in [-0.1, -0.05) is 35.3 Å². The van der Waals surface area contributed by atoms with E-state index in [2.05, 4.69) is 15.6 Å². The smallest absolute Gasteiger partial charge is 0.255 e. The lowest BCUT2D eigenvalue weighted by molar-refractivity contribution is 0.101. The van der Waals surface area contributed by atoms with Gasteiger partial charge in [-0.15, -0.1) is 0 Å². The first-order valence-corrected chi connectivity index (χ1v) is 10.2. The van der Waals surface area contributed by atoms with Crippen molar-refractivity contribution in [1.29, 1.82) is 0 Å². The molecule has 0 aliphatic heterocycles. The fourth-order valence-electron chi connectivity index (χ4n) is 3.09. The minimum absolute atomic E-state index is 0.248. The zero-order valence-electron chi connectivity index (χ0n) is 16.4. The Morgan fingerprint density at radius 2 is 1.55 bits per heavy atom. The van der Waals surface area contributed by atoms with Gasteiger partial charge in [0.05, 0.1) is 15.6 Å². The fraction of sp³-hybridized carbons (Fsp3) is 0.0417. The van der Waals surface area contributed by atoms with Crippen LogP contribution in [0.3, 0.4) is 0 Å². The number of aryl methyl sites for hydroxylation is 1. The molecule has 0 unspecified atom stereocenters. The standard InChI is InChI=1S/C24H17Cl2N3O2/c1-14-4-7-18(28-23(30)17-5-8-19(25)20(26)12-17)13-22(14)29-24(31)16-6-9-21-15(11-16)3-2-10-27-21/h2-13H,1H3,(H,28,30)(H,29,31). The third-order valence-electron chi connectivity index (χ3n) is 4.79. The predicted molar refractivity (Wildman–Crippen MR) is 125 cm³/mol. The summed E-state index contributed by atoms with van der Waals surface area (Å²) >= 11 is 11.9. The number of rotatable bonds is 4. The molecular weight excluding hydrogens is 433 g/mol. The summed E-state index contributed by atoms with van der Waals surface area (Å²) in [7, 11) is 0. The van der Waals surface area contributed by atoms with Crippen LogP contribution < -0.4 is 10.6 Å². The maximum Gasteiger partial charge on any atom is 0.255 e. The molecule has 4 aromatic rings. The van der Waals surface area contributed by atoms with Crippen LogP contribution in [0.25, 0.3) is 10.9 Å². The number of nitrogens with one attached hydrogen (secondary N) is 2. The van der Waals surface area contributed by atoms with Crippen LogP contribution in [0.4, 0.5) is 11.4 Å². The number of halogens is 2. The minimum atomic E-state index is -0.332. The molecule has 0 aliphatic rings. The van der Waals surface area contributed by atoms with Crippen molar-refractivity contribution >= 4 is 57.3 Å². The van der Waals surface area contributed by atoms with Crippen LogP contribution in [0, 0.1) is 6.92 Å². The summed E-state index contributed by atoms with van der Waals surface area (Å²) in [6, 6.07) is 19.0. The number of amides is 2. The maximum absolute atomic E-state index is 12.8. The molecule has 31 heavy (non-hydrogen) atoms. The van der Waals surface area contributed by atoms with Crippen molar-refractivity contribution in [1.82, 2.24) is 4.98 Å². The Hall–Kier alpha value is -3.41. The van der Waals surface area contributed by atoms with Gasteiger partial charge in [-0.3, -0.25) is 14.6 Å². The van der Waals surface area contributed by atoms with E-state index in [1.807, 2.05) is 31.2 Å². The van der Waals surface area contributed by atoms with Crippen molar-refractivity contribution in [2.75, 3.05) is 10.6 Å². The highest BCUT2D eigenvalue weighted by Crippen LogP contribution is 2.25. The van der Waals surface area contributed by atoms with Gasteiger partial charge in [-0.05, 0) is 67.1 Å². The van der Waals surface area contributed by atoms with E-state index < -0.39 is 0 Å². The summed E-state index contributed by atoms with van der Waals surface area (Å²) in [5.74, 6) is -0.580. The summed E-state index contributed by atoms with van der Waals surface area (Å²) < 4.78 is 0. The number of aromatic nitrogens is 1. The van der Waals surface area contributed by atoms with Crippen molar-refractivity contribution < 1.29 is 9.59 Å². The molecule has 1 aromatic heterocycles. The first-order chi connectivity index (χ1) is 14.9. The zero-order valence-corrected chi connectivity index (χ0v) is 18.0. The van der Waals surface area contributed by atoms with Gasteiger partial charge >= 0.3 is 0 Å². The monoisotopic (exact) mass is 449 g/mol. The van der Waals surface area contributed by atoms with Gasteiger partial charge in [0, 0.05) is 34.1 Å². The Bertz CT molecular complexity index is 1320. The van der Waals surface area contributed by atoms with E-state index in [-0.39, 0.29) is 11.8 Å². The average Bonchev–Trinajstić information content (AvgIpc) is 2.77. The molecule has 0 spiro atoms. The van der Waals surface area contributed by atoms with Crippen molar-refractivity contribution in [3.8, 4) is 0 Å². The Labute approximate surface area is 189 Å². The van der Waals surface area contributed by atoms with E-state index in [1.165, 1.54) is 6.07 Å². The first kappa shape index (κ1) is 20.8. The Morgan fingerprint density at radius 1 is 0.806 bits per heavy atom. The molecule has 3 aromatic carbocycles. The lowest BCUT2D eigenvalue weighted by Crippen LogP contribution is -2.15. The summed E-state index contributed by atoms with van der Waals surface area (Å²) in [6.45, 7) is 1.88. The van der Waals surface area contributed by atoms with E-state index in [0.29, 0.717) is 32.5 Å². The van der Waals surface area contributed by atoms with Crippen molar-refractivity contribution in [2.45, 2.75) is 6.92 Å². The summed E-state index contributed by atoms with van der Waals surface area (Å²) in [5.41, 5.74) is 3.73. The second-order valence-electron chi connectivity index (χ2n) is 6.98. The highest BCUT2D eigenvalue weighted by molar-refractivity contribution is 6.42. The number of carbonyl (C=O) groups excluding carboxylic acids is 2. The van der Waals surface area contributed by atoms with Crippen LogP contribution >= 0.6 is 23.2 Å². The molecule has 0 bridgehead atoms.